The zero-order chi connectivity index (χ0) is 46.2. The lowest BCUT2D eigenvalue weighted by atomic mass is 9.88. The fourth-order valence-corrected chi connectivity index (χ4v) is 6.59. The van der Waals surface area contributed by atoms with Crippen LogP contribution in [0.25, 0.3) is 0 Å². The second kappa shape index (κ2) is 19.7. The number of carbonyl (C=O) groups excluding carboxylic acids is 6. The molecule has 0 unspecified atom stereocenters. The molecule has 0 fully saturated rings. The molecule has 0 aliphatic carbocycles. The van der Waals surface area contributed by atoms with E-state index in [1.54, 1.807) is 72.8 Å². The second-order valence-corrected chi connectivity index (χ2v) is 17.4. The van der Waals surface area contributed by atoms with E-state index in [9.17, 15) is 42.3 Å². The maximum atomic E-state index is 14.4. The summed E-state index contributed by atoms with van der Waals surface area (Å²) >= 11 is 0. The Morgan fingerprint density at radius 1 is 0.571 bits per heavy atom. The van der Waals surface area contributed by atoms with Gasteiger partial charge in [0.2, 0.25) is 5.83 Å². The Bertz CT molecular complexity index is 2420. The normalized spacial score (nSPS) is 14.1. The summed E-state index contributed by atoms with van der Waals surface area (Å²) in [5.74, 6) is -4.73. The van der Waals surface area contributed by atoms with Gasteiger partial charge in [-0.1, -0.05) is 65.8 Å². The van der Waals surface area contributed by atoms with E-state index in [1.807, 2.05) is 41.5 Å². The Balaban J connectivity index is 0.000000239. The molecule has 2 aliphatic heterocycles. The Hall–Kier alpha value is -7.09. The van der Waals surface area contributed by atoms with E-state index in [-0.39, 0.29) is 63.6 Å². The van der Waals surface area contributed by atoms with Crippen molar-refractivity contribution in [1.82, 2.24) is 9.80 Å². The summed E-state index contributed by atoms with van der Waals surface area (Å²) in [6.45, 7) is 10.5. The standard InChI is InChI=1S/C25H24FNO6.C24H24FNO4/c1-25(2,3)12-20(28)15-8-10-17(11-9-15)33-14-16(21(26)24(31)32)13-27-22(29)18-6-4-5-7-19(18)23(27)30;1-24(2,3)12-21(27)17-8-10-18(11-9-17)30-15-16(13-25)14-26-22(28)19-6-4-5-7-20(19)23(26)29/h4-11H,12-14H2,1-3H3,(H,31,32);4-11,13H,12,14-15H2,1-3H3/b21-16+;16-13+. The molecule has 0 saturated heterocycles. The predicted molar refractivity (Wildman–Crippen MR) is 229 cm³/mol. The number of carbonyl (C=O) groups is 7. The van der Waals surface area contributed by atoms with E-state index in [1.165, 1.54) is 24.3 Å². The molecule has 328 valence electrons. The number of ether oxygens (including phenoxy) is 2. The Kier molecular flexibility index (Phi) is 14.7. The summed E-state index contributed by atoms with van der Waals surface area (Å²) < 4.78 is 38.8. The van der Waals surface area contributed by atoms with E-state index in [4.69, 9.17) is 14.6 Å². The molecule has 0 saturated carbocycles. The largest absolute Gasteiger partial charge is 0.489 e. The van der Waals surface area contributed by atoms with Crippen LogP contribution in [-0.2, 0) is 4.79 Å². The highest BCUT2D eigenvalue weighted by molar-refractivity contribution is 6.22. The van der Waals surface area contributed by atoms with Crippen molar-refractivity contribution in [3.63, 3.8) is 0 Å². The van der Waals surface area contributed by atoms with Gasteiger partial charge in [-0.25, -0.2) is 9.18 Å². The molecule has 14 heteroatoms. The summed E-state index contributed by atoms with van der Waals surface area (Å²) in [6, 6.07) is 25.5. The second-order valence-electron chi connectivity index (χ2n) is 17.4. The van der Waals surface area contributed by atoms with Crippen LogP contribution in [0, 0.1) is 10.8 Å². The number of nitrogens with zero attached hydrogens (tertiary/aromatic N) is 2. The SMILES string of the molecule is CC(C)(C)CC(=O)c1ccc(OC/C(=C/F)CN2C(=O)c3ccccc3C2=O)cc1.CC(C)(C)CC(=O)c1ccc(OC/C(CN2C(=O)c3ccccc3C2=O)=C(/F)C(=O)O)cc1. The van der Waals surface area contributed by atoms with Crippen LogP contribution < -0.4 is 9.47 Å². The molecule has 1 N–H and O–H groups in total. The summed E-state index contributed by atoms with van der Waals surface area (Å²) in [6.07, 6.45) is 1.15. The molecule has 4 aromatic carbocycles. The van der Waals surface area contributed by atoms with Crippen LogP contribution in [-0.4, -0.2) is 82.4 Å². The van der Waals surface area contributed by atoms with Gasteiger partial charge in [0.05, 0.1) is 41.7 Å². The molecule has 0 spiro atoms. The maximum Gasteiger partial charge on any atom is 0.364 e. The van der Waals surface area contributed by atoms with Crippen LogP contribution in [0.15, 0.2) is 120 Å². The number of aliphatic carboxylic acids is 1. The minimum absolute atomic E-state index is 0.0304. The number of halogens is 2. The zero-order valence-corrected chi connectivity index (χ0v) is 35.8. The highest BCUT2D eigenvalue weighted by Gasteiger charge is 2.37. The van der Waals surface area contributed by atoms with Crippen LogP contribution >= 0.6 is 0 Å². The number of benzene rings is 4. The highest BCUT2D eigenvalue weighted by atomic mass is 19.1. The first-order chi connectivity index (χ1) is 29.7. The summed E-state index contributed by atoms with van der Waals surface area (Å²) in [7, 11) is 0. The van der Waals surface area contributed by atoms with Gasteiger partial charge in [-0.05, 0) is 83.6 Å². The quantitative estimate of drug-likeness (QED) is 0.0693. The van der Waals surface area contributed by atoms with Crippen molar-refractivity contribution in [2.24, 2.45) is 10.8 Å². The lowest BCUT2D eigenvalue weighted by molar-refractivity contribution is -0.134. The van der Waals surface area contributed by atoms with Crippen molar-refractivity contribution in [2.45, 2.75) is 54.4 Å². The Labute approximate surface area is 363 Å². The van der Waals surface area contributed by atoms with Crippen molar-refractivity contribution in [1.29, 1.82) is 0 Å². The lowest BCUT2D eigenvalue weighted by Crippen LogP contribution is -2.33. The zero-order valence-electron chi connectivity index (χ0n) is 35.8. The van der Waals surface area contributed by atoms with Crippen molar-refractivity contribution in [3.8, 4) is 11.5 Å². The number of fused-ring (bicyclic) bond motifs is 2. The predicted octanol–water partition coefficient (Wildman–Crippen LogP) is 9.12. The average molecular weight is 863 g/mol. The molecule has 12 nitrogen and oxygen atoms in total. The third-order valence-corrected chi connectivity index (χ3v) is 9.69. The van der Waals surface area contributed by atoms with Gasteiger partial charge < -0.3 is 14.6 Å². The van der Waals surface area contributed by atoms with Gasteiger partial charge in [0.15, 0.2) is 11.6 Å². The lowest BCUT2D eigenvalue weighted by Gasteiger charge is -2.18. The van der Waals surface area contributed by atoms with E-state index in [0.717, 1.165) is 9.80 Å². The summed E-state index contributed by atoms with van der Waals surface area (Å²) in [4.78, 5) is 87.5. The molecule has 0 bridgehead atoms. The van der Waals surface area contributed by atoms with Crippen LogP contribution in [0.1, 0.15) is 117 Å². The number of Topliss-reactive ketones (excluding diaryl/α,β-unsaturated/α-hetero) is 2. The first-order valence-electron chi connectivity index (χ1n) is 20.0. The Morgan fingerprint density at radius 2 is 0.921 bits per heavy atom. The number of hydrogen-bond donors (Lipinski definition) is 1. The van der Waals surface area contributed by atoms with Gasteiger partial charge >= 0.3 is 5.97 Å². The fourth-order valence-electron chi connectivity index (χ4n) is 6.59. The van der Waals surface area contributed by atoms with Crippen molar-refractivity contribution in [2.75, 3.05) is 26.3 Å². The van der Waals surface area contributed by atoms with Gasteiger partial charge in [-0.2, -0.15) is 4.39 Å². The molecule has 4 aromatic rings. The number of rotatable bonds is 15. The van der Waals surface area contributed by atoms with Crippen molar-refractivity contribution in [3.05, 3.63) is 154 Å². The third-order valence-electron chi connectivity index (χ3n) is 9.69. The smallest absolute Gasteiger partial charge is 0.364 e. The van der Waals surface area contributed by atoms with Crippen LogP contribution in [0.4, 0.5) is 8.78 Å². The molecule has 4 amide bonds. The minimum atomic E-state index is -1.83. The molecular weight excluding hydrogens is 815 g/mol. The molecule has 0 atom stereocenters. The monoisotopic (exact) mass is 862 g/mol. The third kappa shape index (κ3) is 12.1. The number of carboxylic acids is 1. The van der Waals surface area contributed by atoms with Gasteiger partial charge in [0, 0.05) is 35.1 Å². The first kappa shape index (κ1) is 47.0. The van der Waals surface area contributed by atoms with Crippen molar-refractivity contribution < 1.29 is 56.9 Å². The molecule has 0 radical (unpaired) electrons. The van der Waals surface area contributed by atoms with Gasteiger partial charge in [0.1, 0.15) is 24.7 Å². The van der Waals surface area contributed by atoms with Gasteiger partial charge in [0.25, 0.3) is 23.6 Å². The minimum Gasteiger partial charge on any atom is -0.489 e. The number of imide groups is 2. The van der Waals surface area contributed by atoms with E-state index < -0.39 is 48.6 Å². The summed E-state index contributed by atoms with van der Waals surface area (Å²) in [5, 5.41) is 9.10. The summed E-state index contributed by atoms with van der Waals surface area (Å²) in [5.41, 5.74) is 1.58. The number of carboxylic acid groups (broad SMARTS) is 1. The molecular formula is C49H48F2N2O10. The maximum absolute atomic E-state index is 14.4. The van der Waals surface area contributed by atoms with Crippen LogP contribution in [0.2, 0.25) is 0 Å². The van der Waals surface area contributed by atoms with E-state index >= 15 is 0 Å². The van der Waals surface area contributed by atoms with Crippen LogP contribution in [0.5, 0.6) is 11.5 Å². The van der Waals surface area contributed by atoms with Gasteiger partial charge in [-0.15, -0.1) is 0 Å². The number of amides is 4. The topological polar surface area (TPSA) is 165 Å². The molecule has 2 aliphatic rings. The molecule has 0 aromatic heterocycles. The van der Waals surface area contributed by atoms with Crippen LogP contribution in [0.3, 0.4) is 0 Å². The molecule has 2 heterocycles. The van der Waals surface area contributed by atoms with Crippen molar-refractivity contribution >= 4 is 41.2 Å². The highest BCUT2D eigenvalue weighted by Crippen LogP contribution is 2.28. The van der Waals surface area contributed by atoms with E-state index in [0.29, 0.717) is 47.2 Å². The number of ketones is 2. The average Bonchev–Trinajstić information content (AvgIpc) is 3.62. The Morgan fingerprint density at radius 3 is 1.25 bits per heavy atom. The molecule has 63 heavy (non-hydrogen) atoms. The number of hydrogen-bond acceptors (Lipinski definition) is 9. The van der Waals surface area contributed by atoms with E-state index in [2.05, 4.69) is 0 Å². The fraction of sp³-hybridized carbons (Fsp3) is 0.286. The first-order valence-corrected chi connectivity index (χ1v) is 20.0. The molecule has 6 rings (SSSR count). The van der Waals surface area contributed by atoms with Gasteiger partial charge in [-0.3, -0.25) is 38.6 Å².